The summed E-state index contributed by atoms with van der Waals surface area (Å²) in [6.45, 7) is 0. The summed E-state index contributed by atoms with van der Waals surface area (Å²) in [4.78, 5) is 0. The van der Waals surface area contributed by atoms with Crippen LogP contribution in [0.1, 0.15) is 0 Å². The van der Waals surface area contributed by atoms with Crippen LogP contribution in [0.15, 0.2) is 33.9 Å². The quantitative estimate of drug-likeness (QED) is 0.789. The van der Waals surface area contributed by atoms with Gasteiger partial charge in [-0.15, -0.1) is 10.2 Å². The summed E-state index contributed by atoms with van der Waals surface area (Å²) >= 11 is 7.01. The number of rotatable bonds is 5. The van der Waals surface area contributed by atoms with Gasteiger partial charge in [-0.05, 0) is 24.3 Å². The number of sulfone groups is 1. The van der Waals surface area contributed by atoms with E-state index in [1.54, 1.807) is 24.3 Å². The van der Waals surface area contributed by atoms with E-state index in [9.17, 15) is 8.42 Å². The lowest BCUT2D eigenvalue weighted by Crippen LogP contribution is -2.04. The summed E-state index contributed by atoms with van der Waals surface area (Å²) in [6.07, 6.45) is 1.19. The predicted molar refractivity (Wildman–Crippen MR) is 75.2 cm³/mol. The molecule has 19 heavy (non-hydrogen) atoms. The highest BCUT2D eigenvalue weighted by Crippen LogP contribution is 2.24. The summed E-state index contributed by atoms with van der Waals surface area (Å²) in [7, 11) is -2.97. The minimum Gasteiger partial charge on any atom is -0.411 e. The zero-order valence-corrected chi connectivity index (χ0v) is 12.4. The van der Waals surface area contributed by atoms with Gasteiger partial charge in [-0.3, -0.25) is 0 Å². The van der Waals surface area contributed by atoms with E-state index in [0.717, 1.165) is 5.56 Å². The summed E-state index contributed by atoms with van der Waals surface area (Å²) in [5.74, 6) is 0.857. The molecule has 0 unspecified atom stereocenters. The molecular formula is C11H11ClN2O3S2. The average molecular weight is 319 g/mol. The van der Waals surface area contributed by atoms with Crippen LogP contribution in [-0.2, 0) is 9.84 Å². The molecule has 0 bridgehead atoms. The normalized spacial score (nSPS) is 11.7. The van der Waals surface area contributed by atoms with Crippen LogP contribution in [0.4, 0.5) is 0 Å². The lowest BCUT2D eigenvalue weighted by Gasteiger charge is -1.95. The van der Waals surface area contributed by atoms with E-state index in [-0.39, 0.29) is 5.75 Å². The Morgan fingerprint density at radius 1 is 1.26 bits per heavy atom. The predicted octanol–water partition coefficient (Wildman–Crippen LogP) is 2.53. The number of nitrogens with zero attached hydrogens (tertiary/aromatic N) is 2. The Hall–Kier alpha value is -1.05. The van der Waals surface area contributed by atoms with Crippen molar-refractivity contribution in [2.24, 2.45) is 0 Å². The fraction of sp³-hybridized carbons (Fsp3) is 0.273. The Labute approximate surface area is 120 Å². The van der Waals surface area contributed by atoms with Crippen molar-refractivity contribution in [2.75, 3.05) is 17.8 Å². The molecule has 0 aliphatic carbocycles. The van der Waals surface area contributed by atoms with E-state index in [4.69, 9.17) is 16.0 Å². The molecule has 102 valence electrons. The summed E-state index contributed by atoms with van der Waals surface area (Å²) < 4.78 is 27.4. The molecule has 1 heterocycles. The second-order valence-electron chi connectivity index (χ2n) is 3.86. The van der Waals surface area contributed by atoms with Crippen molar-refractivity contribution in [3.63, 3.8) is 0 Å². The molecule has 0 fully saturated rings. The fourth-order valence-electron chi connectivity index (χ4n) is 1.26. The van der Waals surface area contributed by atoms with Gasteiger partial charge in [0, 0.05) is 22.6 Å². The Bertz CT molecular complexity index is 653. The minimum absolute atomic E-state index is 0.0797. The minimum atomic E-state index is -2.97. The fourth-order valence-corrected chi connectivity index (χ4v) is 3.34. The van der Waals surface area contributed by atoms with Crippen molar-refractivity contribution in [2.45, 2.75) is 5.22 Å². The van der Waals surface area contributed by atoms with Gasteiger partial charge in [0.15, 0.2) is 0 Å². The number of aromatic nitrogens is 2. The molecule has 0 saturated heterocycles. The first-order valence-corrected chi connectivity index (χ1v) is 8.76. The maximum atomic E-state index is 11.0. The Morgan fingerprint density at radius 3 is 2.58 bits per heavy atom. The van der Waals surface area contributed by atoms with Crippen LogP contribution in [0, 0.1) is 0 Å². The lowest BCUT2D eigenvalue weighted by molar-refractivity contribution is 0.466. The topological polar surface area (TPSA) is 73.1 Å². The van der Waals surface area contributed by atoms with E-state index in [0.29, 0.717) is 21.9 Å². The standard InChI is InChI=1S/C11H11ClN2O3S2/c1-19(15,16)7-6-18-11-14-13-10(17-11)8-2-4-9(12)5-3-8/h2-5H,6-7H2,1H3. The van der Waals surface area contributed by atoms with Gasteiger partial charge in [-0.25, -0.2) is 8.42 Å². The van der Waals surface area contributed by atoms with Gasteiger partial charge in [0.25, 0.3) is 5.22 Å². The molecule has 8 heteroatoms. The third kappa shape index (κ3) is 4.52. The van der Waals surface area contributed by atoms with Crippen LogP contribution in [0.3, 0.4) is 0 Å². The van der Waals surface area contributed by atoms with Crippen LogP contribution in [-0.4, -0.2) is 36.4 Å². The van der Waals surface area contributed by atoms with Crippen molar-refractivity contribution in [1.29, 1.82) is 0 Å². The largest absolute Gasteiger partial charge is 0.411 e. The zero-order valence-electron chi connectivity index (χ0n) is 10.0. The van der Waals surface area contributed by atoms with E-state index >= 15 is 0 Å². The summed E-state index contributed by atoms with van der Waals surface area (Å²) in [6, 6.07) is 7.02. The third-order valence-electron chi connectivity index (χ3n) is 2.18. The highest BCUT2D eigenvalue weighted by Gasteiger charge is 2.10. The van der Waals surface area contributed by atoms with Crippen LogP contribution in [0.2, 0.25) is 5.02 Å². The Balaban J connectivity index is 2.01. The second kappa shape index (κ2) is 5.94. The van der Waals surface area contributed by atoms with Crippen molar-refractivity contribution in [3.8, 4) is 11.5 Å². The SMILES string of the molecule is CS(=O)(=O)CCSc1nnc(-c2ccc(Cl)cc2)o1. The molecule has 0 amide bonds. The van der Waals surface area contributed by atoms with Gasteiger partial charge in [0.05, 0.1) is 5.75 Å². The molecule has 1 aromatic carbocycles. The van der Waals surface area contributed by atoms with Crippen molar-refractivity contribution in [3.05, 3.63) is 29.3 Å². The number of thioether (sulfide) groups is 1. The molecule has 0 aliphatic heterocycles. The van der Waals surface area contributed by atoms with Crippen molar-refractivity contribution >= 4 is 33.2 Å². The highest BCUT2D eigenvalue weighted by molar-refractivity contribution is 8.00. The zero-order chi connectivity index (χ0) is 13.9. The molecule has 0 saturated carbocycles. The molecule has 2 rings (SSSR count). The number of benzene rings is 1. The molecule has 2 aromatic rings. The second-order valence-corrected chi connectivity index (χ2v) is 7.60. The highest BCUT2D eigenvalue weighted by atomic mass is 35.5. The average Bonchev–Trinajstić information content (AvgIpc) is 2.77. The summed E-state index contributed by atoms with van der Waals surface area (Å²) in [5, 5.41) is 8.74. The lowest BCUT2D eigenvalue weighted by atomic mass is 10.2. The van der Waals surface area contributed by atoms with Gasteiger partial charge in [0.2, 0.25) is 5.89 Å². The number of halogens is 1. The van der Waals surface area contributed by atoms with Gasteiger partial charge in [-0.1, -0.05) is 23.4 Å². The number of hydrogen-bond acceptors (Lipinski definition) is 6. The molecule has 0 spiro atoms. The maximum absolute atomic E-state index is 11.0. The molecular weight excluding hydrogens is 308 g/mol. The summed E-state index contributed by atoms with van der Waals surface area (Å²) in [5.41, 5.74) is 0.770. The van der Waals surface area contributed by atoms with Gasteiger partial charge in [-0.2, -0.15) is 0 Å². The molecule has 0 radical (unpaired) electrons. The molecule has 1 aromatic heterocycles. The van der Waals surface area contributed by atoms with Crippen LogP contribution < -0.4 is 0 Å². The molecule has 0 N–H and O–H groups in total. The van der Waals surface area contributed by atoms with Gasteiger partial charge >= 0.3 is 0 Å². The maximum Gasteiger partial charge on any atom is 0.276 e. The van der Waals surface area contributed by atoms with Crippen LogP contribution >= 0.6 is 23.4 Å². The number of hydrogen-bond donors (Lipinski definition) is 0. The van der Waals surface area contributed by atoms with Gasteiger partial charge in [0.1, 0.15) is 9.84 Å². The van der Waals surface area contributed by atoms with Crippen LogP contribution in [0.25, 0.3) is 11.5 Å². The van der Waals surface area contributed by atoms with Crippen molar-refractivity contribution in [1.82, 2.24) is 10.2 Å². The van der Waals surface area contributed by atoms with Crippen molar-refractivity contribution < 1.29 is 12.8 Å². The Kier molecular flexibility index (Phi) is 4.49. The first kappa shape index (κ1) is 14.4. The monoisotopic (exact) mass is 318 g/mol. The molecule has 0 aliphatic rings. The first-order valence-electron chi connectivity index (χ1n) is 5.34. The molecule has 5 nitrogen and oxygen atoms in total. The molecule has 0 atom stereocenters. The van der Waals surface area contributed by atoms with Crippen LogP contribution in [0.5, 0.6) is 0 Å². The van der Waals surface area contributed by atoms with E-state index in [2.05, 4.69) is 10.2 Å². The smallest absolute Gasteiger partial charge is 0.276 e. The first-order chi connectivity index (χ1) is 8.94. The Morgan fingerprint density at radius 2 is 1.95 bits per heavy atom. The van der Waals surface area contributed by atoms with Gasteiger partial charge < -0.3 is 4.42 Å². The third-order valence-corrected chi connectivity index (χ3v) is 4.45. The van der Waals surface area contributed by atoms with E-state index in [1.807, 2.05) is 0 Å². The van der Waals surface area contributed by atoms with E-state index in [1.165, 1.54) is 18.0 Å². The van der Waals surface area contributed by atoms with E-state index < -0.39 is 9.84 Å².